The first-order valence-electron chi connectivity index (χ1n) is 14.1. The number of aryl methyl sites for hydroxylation is 1. The molecule has 218 valence electrons. The van der Waals surface area contributed by atoms with Gasteiger partial charge in [-0.3, -0.25) is 4.79 Å². The van der Waals surface area contributed by atoms with Crippen LogP contribution in [-0.4, -0.2) is 40.0 Å². The Bertz CT molecular complexity index is 1650. The topological polar surface area (TPSA) is 110 Å². The van der Waals surface area contributed by atoms with Crippen molar-refractivity contribution < 1.29 is 23.8 Å². The summed E-state index contributed by atoms with van der Waals surface area (Å²) < 4.78 is 27.5. The van der Waals surface area contributed by atoms with Crippen molar-refractivity contribution in [3.05, 3.63) is 89.4 Å². The van der Waals surface area contributed by atoms with Gasteiger partial charge in [0.05, 0.1) is 6.04 Å². The van der Waals surface area contributed by atoms with E-state index in [0.717, 1.165) is 21.2 Å². The lowest BCUT2D eigenvalue weighted by Crippen LogP contribution is -2.47. The van der Waals surface area contributed by atoms with Gasteiger partial charge in [-0.1, -0.05) is 31.2 Å². The van der Waals surface area contributed by atoms with Crippen LogP contribution in [0.5, 0.6) is 5.75 Å². The number of nitrogen functional groups attached to an aromatic ring is 1. The number of hydrogen-bond acceptors (Lipinski definition) is 8. The molecule has 3 heterocycles. The third-order valence-electron chi connectivity index (χ3n) is 8.20. The van der Waals surface area contributed by atoms with Crippen molar-refractivity contribution in [2.75, 3.05) is 17.6 Å². The molecule has 1 amide bonds. The fraction of sp³-hybridized carbons (Fsp3) is 0.312. The fourth-order valence-corrected chi connectivity index (χ4v) is 6.37. The van der Waals surface area contributed by atoms with Gasteiger partial charge in [-0.05, 0) is 72.7 Å². The van der Waals surface area contributed by atoms with E-state index >= 15 is 4.39 Å². The molecule has 6 rings (SSSR count). The Morgan fingerprint density at radius 3 is 2.74 bits per heavy atom. The molecule has 0 bridgehead atoms. The lowest BCUT2D eigenvalue weighted by molar-refractivity contribution is -0.393. The number of anilines is 2. The molecule has 0 spiro atoms. The third kappa shape index (κ3) is 5.14. The predicted octanol–water partition coefficient (Wildman–Crippen LogP) is 5.97. The summed E-state index contributed by atoms with van der Waals surface area (Å²) in [6, 6.07) is 16.4. The minimum Gasteiger partial charge on any atom is -0.505 e. The first-order valence-corrected chi connectivity index (χ1v) is 14.5. The van der Waals surface area contributed by atoms with Crippen LogP contribution in [0, 0.1) is 11.7 Å². The molecular weight excluding hydrogens is 555 g/mol. The highest BCUT2D eigenvalue weighted by molar-refractivity contribution is 7.80. The quantitative estimate of drug-likeness (QED) is 0.197. The average Bonchev–Trinajstić information content (AvgIpc) is 3.40. The molecule has 2 aliphatic heterocycles. The van der Waals surface area contributed by atoms with E-state index in [2.05, 4.69) is 10.3 Å². The van der Waals surface area contributed by atoms with Crippen molar-refractivity contribution in [2.45, 2.75) is 56.2 Å². The maximum absolute atomic E-state index is 15.7. The summed E-state index contributed by atoms with van der Waals surface area (Å²) in [5.74, 6) is -1.43. The van der Waals surface area contributed by atoms with E-state index in [0.29, 0.717) is 36.5 Å². The first-order chi connectivity index (χ1) is 20.2. The maximum Gasteiger partial charge on any atom is 0.250 e. The number of aromatic hydroxyl groups is 1. The smallest absolute Gasteiger partial charge is 0.250 e. The zero-order chi connectivity index (χ0) is 29.5. The highest BCUT2D eigenvalue weighted by Gasteiger charge is 2.49. The van der Waals surface area contributed by atoms with Gasteiger partial charge in [0.2, 0.25) is 5.91 Å². The Morgan fingerprint density at radius 1 is 1.21 bits per heavy atom. The Morgan fingerprint density at radius 2 is 2.00 bits per heavy atom. The number of aromatic nitrogens is 1. The molecule has 1 unspecified atom stereocenters. The largest absolute Gasteiger partial charge is 0.505 e. The van der Waals surface area contributed by atoms with E-state index in [-0.39, 0.29) is 23.7 Å². The molecule has 2 aliphatic rings. The SMILES string of the molecule is CCc1cc(O)c(F)c([C@H](Nc2ccc3c(N)nccc3c2)C(=O)N2CCC(C3OC(C)O3)[C@@H]2c2ccccc2S)c1. The molecule has 0 saturated carbocycles. The van der Waals surface area contributed by atoms with Crippen molar-refractivity contribution >= 4 is 40.8 Å². The van der Waals surface area contributed by atoms with Crippen LogP contribution in [0.4, 0.5) is 15.9 Å². The molecule has 3 atom stereocenters. The number of phenolic OH excluding ortho intramolecular Hbond substituents is 1. The van der Waals surface area contributed by atoms with Crippen molar-refractivity contribution in [1.82, 2.24) is 9.88 Å². The molecule has 8 nitrogen and oxygen atoms in total. The van der Waals surface area contributed by atoms with Crippen LogP contribution in [0.15, 0.2) is 71.8 Å². The number of halogens is 1. The zero-order valence-corrected chi connectivity index (χ0v) is 24.2. The highest BCUT2D eigenvalue weighted by atomic mass is 32.1. The summed E-state index contributed by atoms with van der Waals surface area (Å²) in [5, 5.41) is 15.4. The summed E-state index contributed by atoms with van der Waals surface area (Å²) in [6.45, 7) is 4.15. The Kier molecular flexibility index (Phi) is 7.69. The minimum atomic E-state index is -1.14. The second kappa shape index (κ2) is 11.4. The molecule has 0 aliphatic carbocycles. The summed E-state index contributed by atoms with van der Waals surface area (Å²) in [5.41, 5.74) is 8.28. The average molecular weight is 589 g/mol. The van der Waals surface area contributed by atoms with Crippen molar-refractivity contribution in [1.29, 1.82) is 0 Å². The number of nitrogens with two attached hydrogens (primary N) is 1. The standard InChI is InChI=1S/C32H33FN4O4S/c1-3-18-14-24(27(33)25(38)15-18)28(36-20-8-9-21-19(16-20)10-12-35-30(21)34)31(39)37-13-11-23(32-40-17(2)41-32)29(37)22-6-4-5-7-26(22)42/h4-10,12,14-17,23,28-29,32,36,38,42H,3,11,13H2,1-2H3,(H2,34,35)/t17?,23?,28-,29-,32?/m0/s1. The van der Waals surface area contributed by atoms with Crippen LogP contribution in [0.25, 0.3) is 10.8 Å². The van der Waals surface area contributed by atoms with Gasteiger partial charge in [0.15, 0.2) is 24.1 Å². The van der Waals surface area contributed by atoms with Gasteiger partial charge in [0.25, 0.3) is 0 Å². The normalized spacial score (nSPS) is 22.6. The molecule has 2 fully saturated rings. The summed E-state index contributed by atoms with van der Waals surface area (Å²) in [6.07, 6.45) is 2.02. The molecule has 3 aromatic carbocycles. The second-order valence-electron chi connectivity index (χ2n) is 10.8. The number of hydrogen-bond donors (Lipinski definition) is 4. The number of pyridine rings is 1. The minimum absolute atomic E-state index is 0.0670. The van der Waals surface area contributed by atoms with Gasteiger partial charge in [-0.2, -0.15) is 0 Å². The van der Waals surface area contributed by atoms with E-state index in [1.54, 1.807) is 23.2 Å². The van der Waals surface area contributed by atoms with Gasteiger partial charge in [0, 0.05) is 40.2 Å². The van der Waals surface area contributed by atoms with Crippen molar-refractivity contribution in [2.24, 2.45) is 5.92 Å². The monoisotopic (exact) mass is 588 g/mol. The molecule has 10 heteroatoms. The van der Waals surface area contributed by atoms with Gasteiger partial charge in [-0.15, -0.1) is 12.6 Å². The maximum atomic E-state index is 15.7. The number of rotatable bonds is 7. The molecule has 4 aromatic rings. The van der Waals surface area contributed by atoms with Crippen LogP contribution in [0.3, 0.4) is 0 Å². The summed E-state index contributed by atoms with van der Waals surface area (Å²) in [4.78, 5) is 21.3. The van der Waals surface area contributed by atoms with Crippen LogP contribution >= 0.6 is 12.6 Å². The number of benzene rings is 3. The lowest BCUT2D eigenvalue weighted by atomic mass is 9.91. The molecular formula is C32H33FN4O4S. The van der Waals surface area contributed by atoms with E-state index in [4.69, 9.17) is 27.8 Å². The van der Waals surface area contributed by atoms with Crippen LogP contribution in [-0.2, 0) is 20.7 Å². The highest BCUT2D eigenvalue weighted by Crippen LogP contribution is 2.46. The van der Waals surface area contributed by atoms with Crippen LogP contribution in [0.1, 0.15) is 49.0 Å². The molecule has 42 heavy (non-hydrogen) atoms. The van der Waals surface area contributed by atoms with Crippen molar-refractivity contribution in [3.8, 4) is 5.75 Å². The zero-order valence-electron chi connectivity index (χ0n) is 23.3. The van der Waals surface area contributed by atoms with Crippen LogP contribution in [0.2, 0.25) is 0 Å². The van der Waals surface area contributed by atoms with E-state index in [1.807, 2.05) is 56.3 Å². The number of fused-ring (bicyclic) bond motifs is 1. The fourth-order valence-electron chi connectivity index (χ4n) is 6.08. The molecule has 1 aromatic heterocycles. The van der Waals surface area contributed by atoms with E-state index in [1.165, 1.54) is 6.07 Å². The number of likely N-dealkylation sites (tertiary alicyclic amines) is 1. The predicted molar refractivity (Wildman–Crippen MR) is 162 cm³/mol. The Balaban J connectivity index is 1.43. The number of amides is 1. The number of nitrogens with one attached hydrogen (secondary N) is 1. The van der Waals surface area contributed by atoms with Gasteiger partial charge >= 0.3 is 0 Å². The number of carbonyl (C=O) groups excluding carboxylic acids is 1. The molecule has 4 N–H and O–H groups in total. The first kappa shape index (κ1) is 28.3. The van der Waals surface area contributed by atoms with Gasteiger partial charge in [0.1, 0.15) is 11.9 Å². The number of ether oxygens (including phenoxy) is 2. The number of carbonyl (C=O) groups is 1. The molecule has 0 radical (unpaired) electrons. The molecule has 2 saturated heterocycles. The second-order valence-corrected chi connectivity index (χ2v) is 11.3. The van der Waals surface area contributed by atoms with E-state index in [9.17, 15) is 9.90 Å². The number of thiol groups is 1. The number of phenols is 1. The summed E-state index contributed by atoms with van der Waals surface area (Å²) >= 11 is 4.71. The van der Waals surface area contributed by atoms with Gasteiger partial charge < -0.3 is 30.5 Å². The summed E-state index contributed by atoms with van der Waals surface area (Å²) in [7, 11) is 0. The van der Waals surface area contributed by atoms with Crippen LogP contribution < -0.4 is 11.1 Å². The Hall–Kier alpha value is -3.86. The Labute approximate surface area is 249 Å². The van der Waals surface area contributed by atoms with Crippen molar-refractivity contribution in [3.63, 3.8) is 0 Å². The van der Waals surface area contributed by atoms with Gasteiger partial charge in [-0.25, -0.2) is 9.37 Å². The number of nitrogens with zero attached hydrogens (tertiary/aromatic N) is 2. The lowest BCUT2D eigenvalue weighted by Gasteiger charge is -2.41. The third-order valence-corrected chi connectivity index (χ3v) is 8.61. The van der Waals surface area contributed by atoms with E-state index < -0.39 is 29.9 Å².